The maximum atomic E-state index is 13.4. The van der Waals surface area contributed by atoms with E-state index in [1.54, 1.807) is 12.1 Å². The van der Waals surface area contributed by atoms with Crippen LogP contribution in [0.3, 0.4) is 0 Å². The molecule has 168 valence electrons. The van der Waals surface area contributed by atoms with Gasteiger partial charge >= 0.3 is 0 Å². The average Bonchev–Trinajstić information content (AvgIpc) is 3.53. The van der Waals surface area contributed by atoms with Gasteiger partial charge in [0.05, 0.1) is 23.6 Å². The van der Waals surface area contributed by atoms with Gasteiger partial charge in [0.1, 0.15) is 0 Å². The van der Waals surface area contributed by atoms with Crippen LogP contribution in [0.25, 0.3) is 22.2 Å². The number of hydrogen-bond donors (Lipinski definition) is 0. The van der Waals surface area contributed by atoms with Crippen molar-refractivity contribution >= 4 is 16.8 Å². The predicted octanol–water partition coefficient (Wildman–Crippen LogP) is 5.93. The Hall–Kier alpha value is -3.44. The Kier molecular flexibility index (Phi) is 5.97. The van der Waals surface area contributed by atoms with E-state index < -0.39 is 0 Å². The predicted molar refractivity (Wildman–Crippen MR) is 129 cm³/mol. The van der Waals surface area contributed by atoms with Gasteiger partial charge in [-0.15, -0.1) is 0 Å². The minimum atomic E-state index is -0.129. The van der Waals surface area contributed by atoms with Crippen molar-refractivity contribution < 1.29 is 13.9 Å². The number of amides is 1. The molecule has 3 heterocycles. The lowest BCUT2D eigenvalue weighted by molar-refractivity contribution is 0.0484. The summed E-state index contributed by atoms with van der Waals surface area (Å²) in [4.78, 5) is 20.3. The first kappa shape index (κ1) is 21.4. The molecule has 0 aliphatic carbocycles. The van der Waals surface area contributed by atoms with Crippen LogP contribution in [-0.4, -0.2) is 35.0 Å². The quantitative estimate of drug-likeness (QED) is 0.373. The number of nitrogens with zero attached hydrogens (tertiary/aromatic N) is 2. The Morgan fingerprint density at radius 3 is 2.73 bits per heavy atom. The van der Waals surface area contributed by atoms with Gasteiger partial charge in [-0.25, -0.2) is 4.98 Å². The van der Waals surface area contributed by atoms with E-state index in [9.17, 15) is 4.79 Å². The topological polar surface area (TPSA) is 55.6 Å². The zero-order valence-electron chi connectivity index (χ0n) is 19.1. The number of ether oxygens (including phenoxy) is 1. The molecule has 33 heavy (non-hydrogen) atoms. The van der Waals surface area contributed by atoms with E-state index in [0.29, 0.717) is 18.8 Å². The molecule has 1 amide bonds. The normalized spacial score (nSPS) is 15.8. The molecule has 1 fully saturated rings. The van der Waals surface area contributed by atoms with E-state index in [0.717, 1.165) is 52.7 Å². The summed E-state index contributed by atoms with van der Waals surface area (Å²) in [6.45, 7) is 5.88. The van der Waals surface area contributed by atoms with E-state index in [1.807, 2.05) is 17.0 Å². The number of pyridine rings is 1. The van der Waals surface area contributed by atoms with Gasteiger partial charge in [-0.05, 0) is 68.1 Å². The summed E-state index contributed by atoms with van der Waals surface area (Å²) in [5, 5.41) is 1.07. The molecule has 5 heteroatoms. The molecular weight excluding hydrogens is 412 g/mol. The van der Waals surface area contributed by atoms with Crippen molar-refractivity contribution in [1.82, 2.24) is 9.88 Å². The highest BCUT2D eigenvalue weighted by molar-refractivity contribution is 5.92. The zero-order chi connectivity index (χ0) is 22.8. The van der Waals surface area contributed by atoms with Gasteiger partial charge in [0.25, 0.3) is 5.91 Å². The summed E-state index contributed by atoms with van der Waals surface area (Å²) in [7, 11) is 0. The fourth-order valence-corrected chi connectivity index (χ4v) is 4.55. The summed E-state index contributed by atoms with van der Waals surface area (Å²) in [5.74, 6) is 0.214. The number of fused-ring (bicyclic) bond motifs is 1. The third-order valence-corrected chi connectivity index (χ3v) is 6.28. The van der Waals surface area contributed by atoms with E-state index in [1.165, 1.54) is 11.8 Å². The smallest absolute Gasteiger partial charge is 0.289 e. The van der Waals surface area contributed by atoms with Crippen LogP contribution in [-0.2, 0) is 11.3 Å². The lowest BCUT2D eigenvalue weighted by Crippen LogP contribution is -2.37. The molecule has 1 aliphatic rings. The van der Waals surface area contributed by atoms with Crippen LogP contribution in [0, 0.1) is 13.8 Å². The number of benzene rings is 2. The fraction of sp³-hybridized carbons (Fsp3) is 0.286. The maximum Gasteiger partial charge on any atom is 0.289 e. The minimum Gasteiger partial charge on any atom is -0.459 e. The van der Waals surface area contributed by atoms with E-state index in [4.69, 9.17) is 14.1 Å². The number of carbonyl (C=O) groups excluding carboxylic acids is 1. The molecule has 1 atom stereocenters. The van der Waals surface area contributed by atoms with Gasteiger partial charge in [-0.2, -0.15) is 0 Å². The molecular formula is C28H28N2O3. The molecule has 2 aromatic carbocycles. The molecule has 0 radical (unpaired) electrons. The number of aryl methyl sites for hydroxylation is 2. The number of furan rings is 1. The zero-order valence-corrected chi connectivity index (χ0v) is 19.1. The number of hydrogen-bond acceptors (Lipinski definition) is 4. The second-order valence-corrected chi connectivity index (χ2v) is 8.81. The van der Waals surface area contributed by atoms with Crippen LogP contribution < -0.4 is 0 Å². The van der Waals surface area contributed by atoms with Crippen molar-refractivity contribution in [2.75, 3.05) is 13.2 Å². The number of carbonyl (C=O) groups is 1. The number of rotatable bonds is 6. The van der Waals surface area contributed by atoms with Crippen LogP contribution in [0.5, 0.6) is 0 Å². The molecule has 0 spiro atoms. The molecule has 0 N–H and O–H groups in total. The second-order valence-electron chi connectivity index (χ2n) is 8.81. The third kappa shape index (κ3) is 4.55. The molecule has 0 bridgehead atoms. The van der Waals surface area contributed by atoms with Crippen LogP contribution in [0.15, 0.2) is 71.3 Å². The summed E-state index contributed by atoms with van der Waals surface area (Å²) in [6.07, 6.45) is 3.57. The molecule has 1 aliphatic heterocycles. The fourth-order valence-electron chi connectivity index (χ4n) is 4.55. The van der Waals surface area contributed by atoms with Crippen molar-refractivity contribution in [1.29, 1.82) is 0 Å². The van der Waals surface area contributed by atoms with Gasteiger partial charge in [0.2, 0.25) is 0 Å². The van der Waals surface area contributed by atoms with Crippen LogP contribution in [0.1, 0.15) is 40.1 Å². The summed E-state index contributed by atoms with van der Waals surface area (Å²) in [5.41, 5.74) is 6.29. The van der Waals surface area contributed by atoms with Gasteiger partial charge in [0, 0.05) is 30.6 Å². The maximum absolute atomic E-state index is 13.4. The Balaban J connectivity index is 1.60. The van der Waals surface area contributed by atoms with E-state index >= 15 is 0 Å². The Morgan fingerprint density at radius 2 is 1.97 bits per heavy atom. The Labute approximate surface area is 194 Å². The lowest BCUT2D eigenvalue weighted by atomic mass is 9.98. The van der Waals surface area contributed by atoms with Crippen LogP contribution >= 0.6 is 0 Å². The molecule has 4 aromatic rings. The van der Waals surface area contributed by atoms with Gasteiger partial charge < -0.3 is 14.1 Å². The third-order valence-electron chi connectivity index (χ3n) is 6.28. The van der Waals surface area contributed by atoms with E-state index in [2.05, 4.69) is 50.2 Å². The largest absolute Gasteiger partial charge is 0.459 e. The first-order valence-electron chi connectivity index (χ1n) is 11.5. The van der Waals surface area contributed by atoms with Crippen molar-refractivity contribution in [3.05, 3.63) is 89.4 Å². The van der Waals surface area contributed by atoms with Crippen molar-refractivity contribution in [2.45, 2.75) is 39.3 Å². The number of aromatic nitrogens is 1. The first-order valence-corrected chi connectivity index (χ1v) is 11.5. The molecule has 0 saturated carbocycles. The minimum absolute atomic E-state index is 0.0430. The van der Waals surface area contributed by atoms with Gasteiger partial charge in [-0.1, -0.05) is 35.9 Å². The Morgan fingerprint density at radius 1 is 1.09 bits per heavy atom. The van der Waals surface area contributed by atoms with Crippen molar-refractivity contribution in [3.63, 3.8) is 0 Å². The highest BCUT2D eigenvalue weighted by Crippen LogP contribution is 2.30. The molecule has 2 aromatic heterocycles. The SMILES string of the molecule is Cc1ccc2nc(-c3ccccc3C)c(CN(C[C@H]3CCCO3)C(=O)c3ccco3)cc2c1. The standard InChI is InChI=1S/C28H28N2O3/c1-19-11-12-25-21(15-19)16-22(27(29-25)24-9-4-3-7-20(24)2)17-30(18-23-8-5-13-32-23)28(31)26-10-6-14-33-26/h3-4,6-7,9-12,14-16,23H,5,8,13,17-18H2,1-2H3/t23-/m1/s1. The molecule has 5 rings (SSSR count). The molecule has 5 nitrogen and oxygen atoms in total. The highest BCUT2D eigenvalue weighted by Gasteiger charge is 2.26. The first-order chi connectivity index (χ1) is 16.1. The lowest BCUT2D eigenvalue weighted by Gasteiger charge is -2.26. The Bertz CT molecular complexity index is 1270. The van der Waals surface area contributed by atoms with Crippen molar-refractivity contribution in [3.8, 4) is 11.3 Å². The summed E-state index contributed by atoms with van der Waals surface area (Å²) in [6, 6.07) is 20.2. The summed E-state index contributed by atoms with van der Waals surface area (Å²) >= 11 is 0. The average molecular weight is 441 g/mol. The van der Waals surface area contributed by atoms with E-state index in [-0.39, 0.29) is 12.0 Å². The van der Waals surface area contributed by atoms with Crippen LogP contribution in [0.4, 0.5) is 0 Å². The second kappa shape index (κ2) is 9.20. The monoisotopic (exact) mass is 440 g/mol. The van der Waals surface area contributed by atoms with Gasteiger partial charge in [-0.3, -0.25) is 4.79 Å². The molecule has 1 saturated heterocycles. The van der Waals surface area contributed by atoms with Crippen molar-refractivity contribution in [2.24, 2.45) is 0 Å². The van der Waals surface area contributed by atoms with Gasteiger partial charge in [0.15, 0.2) is 5.76 Å². The molecule has 0 unspecified atom stereocenters. The highest BCUT2D eigenvalue weighted by atomic mass is 16.5. The summed E-state index contributed by atoms with van der Waals surface area (Å²) < 4.78 is 11.3. The van der Waals surface area contributed by atoms with Crippen LogP contribution in [0.2, 0.25) is 0 Å².